The van der Waals surface area contributed by atoms with E-state index < -0.39 is 0 Å². The highest BCUT2D eigenvalue weighted by atomic mass is 79.9. The predicted molar refractivity (Wildman–Crippen MR) is 80.0 cm³/mol. The van der Waals surface area contributed by atoms with Crippen LogP contribution < -0.4 is 0 Å². The van der Waals surface area contributed by atoms with Crippen LogP contribution >= 0.6 is 15.9 Å². The van der Waals surface area contributed by atoms with Gasteiger partial charge in [-0.25, -0.2) is 4.39 Å². The van der Waals surface area contributed by atoms with Gasteiger partial charge in [0.05, 0.1) is 5.56 Å². The molecule has 0 fully saturated rings. The number of halogens is 2. The molecule has 0 bridgehead atoms. The third kappa shape index (κ3) is 9.21. The number of aliphatic hydroxyl groups is 1. The maximum atomic E-state index is 13.2. The van der Waals surface area contributed by atoms with Gasteiger partial charge in [0.1, 0.15) is 5.82 Å². The number of hydrogen-bond acceptors (Lipinski definition) is 1. The normalized spacial score (nSPS) is 7.94. The van der Waals surface area contributed by atoms with Crippen molar-refractivity contribution in [3.8, 4) is 11.8 Å². The van der Waals surface area contributed by atoms with Crippen molar-refractivity contribution in [3.05, 3.63) is 34.1 Å². The van der Waals surface area contributed by atoms with E-state index in [1.54, 1.807) is 12.1 Å². The Bertz CT molecular complexity index is 366. The van der Waals surface area contributed by atoms with E-state index in [1.165, 1.54) is 6.07 Å². The van der Waals surface area contributed by atoms with E-state index in [4.69, 9.17) is 5.11 Å². The minimum atomic E-state index is -0.323. The van der Waals surface area contributed by atoms with Gasteiger partial charge >= 0.3 is 0 Å². The molecule has 0 aliphatic rings. The van der Waals surface area contributed by atoms with Crippen LogP contribution in [0.25, 0.3) is 0 Å². The molecule has 102 valence electrons. The van der Waals surface area contributed by atoms with Gasteiger partial charge in [-0.1, -0.05) is 55.5 Å². The zero-order valence-electron chi connectivity index (χ0n) is 11.6. The first-order chi connectivity index (χ1) is 8.74. The Labute approximate surface area is 119 Å². The van der Waals surface area contributed by atoms with Crippen LogP contribution in [0.5, 0.6) is 0 Å². The van der Waals surface area contributed by atoms with E-state index >= 15 is 0 Å². The van der Waals surface area contributed by atoms with Crippen LogP contribution in [0, 0.1) is 17.7 Å². The summed E-state index contributed by atoms with van der Waals surface area (Å²) < 4.78 is 13.9. The van der Waals surface area contributed by atoms with Crippen molar-refractivity contribution in [1.29, 1.82) is 0 Å². The molecule has 1 rings (SSSR count). The van der Waals surface area contributed by atoms with E-state index in [0.717, 1.165) is 0 Å². The first-order valence-electron chi connectivity index (χ1n) is 6.29. The van der Waals surface area contributed by atoms with Gasteiger partial charge in [0, 0.05) is 17.5 Å². The molecular formula is C15H22BrFO. The summed E-state index contributed by atoms with van der Waals surface area (Å²) in [6.07, 6.45) is 1.22. The molecule has 0 amide bonds. The van der Waals surface area contributed by atoms with Gasteiger partial charge < -0.3 is 5.11 Å². The Hall–Kier alpha value is -0.850. The zero-order valence-corrected chi connectivity index (χ0v) is 13.1. The number of rotatable bonds is 2. The molecule has 0 aliphatic carbocycles. The molecule has 0 saturated heterocycles. The summed E-state index contributed by atoms with van der Waals surface area (Å²) in [5.74, 6) is 5.19. The van der Waals surface area contributed by atoms with Crippen LogP contribution in [0.1, 0.15) is 46.1 Å². The number of unbranched alkanes of at least 4 members (excludes halogenated alkanes) is 1. The molecule has 0 saturated carbocycles. The molecule has 0 unspecified atom stereocenters. The van der Waals surface area contributed by atoms with Crippen LogP contribution in [0.15, 0.2) is 22.7 Å². The average molecular weight is 317 g/mol. The molecule has 0 aromatic heterocycles. The van der Waals surface area contributed by atoms with Gasteiger partial charge in [-0.15, -0.1) is 0 Å². The molecule has 0 spiro atoms. The Morgan fingerprint density at radius 2 is 1.83 bits per heavy atom. The lowest BCUT2D eigenvalue weighted by Gasteiger charge is -1.94. The van der Waals surface area contributed by atoms with Crippen molar-refractivity contribution in [1.82, 2.24) is 0 Å². The number of hydrogen-bond donors (Lipinski definition) is 1. The highest BCUT2D eigenvalue weighted by molar-refractivity contribution is 9.10. The molecule has 1 nitrogen and oxygen atoms in total. The van der Waals surface area contributed by atoms with Crippen molar-refractivity contribution in [2.24, 2.45) is 0 Å². The molecule has 0 atom stereocenters. The second-order valence-electron chi connectivity index (χ2n) is 2.75. The highest BCUT2D eigenvalue weighted by Gasteiger charge is 1.98. The first-order valence-corrected chi connectivity index (χ1v) is 7.08. The quantitative estimate of drug-likeness (QED) is 0.616. The molecule has 0 aliphatic heterocycles. The summed E-state index contributed by atoms with van der Waals surface area (Å²) in [6.45, 7) is 8.12. The molecule has 0 radical (unpaired) electrons. The topological polar surface area (TPSA) is 20.2 Å². The predicted octanol–water partition coefficient (Wildman–Crippen LogP) is 4.76. The fourth-order valence-corrected chi connectivity index (χ4v) is 1.25. The summed E-state index contributed by atoms with van der Waals surface area (Å²) in [6, 6.07) is 4.76. The summed E-state index contributed by atoms with van der Waals surface area (Å²) in [5, 5.41) is 8.51. The fraction of sp³-hybridized carbons (Fsp3) is 0.467. The van der Waals surface area contributed by atoms with Gasteiger partial charge in [-0.05, 0) is 24.6 Å². The molecular weight excluding hydrogens is 295 g/mol. The van der Waals surface area contributed by atoms with Crippen molar-refractivity contribution >= 4 is 15.9 Å². The smallest absolute Gasteiger partial charge is 0.139 e. The lowest BCUT2D eigenvalue weighted by atomic mass is 10.2. The SMILES string of the molecule is CC.CC.OCCCC#Cc1ccc(Br)cc1F. The molecule has 18 heavy (non-hydrogen) atoms. The molecule has 0 heterocycles. The summed E-state index contributed by atoms with van der Waals surface area (Å²) >= 11 is 3.17. The van der Waals surface area contributed by atoms with Crippen molar-refractivity contribution in [2.45, 2.75) is 40.5 Å². The number of benzene rings is 1. The van der Waals surface area contributed by atoms with Gasteiger partial charge in [0.2, 0.25) is 0 Å². The molecule has 1 aromatic rings. The van der Waals surface area contributed by atoms with Gasteiger partial charge in [-0.3, -0.25) is 0 Å². The summed E-state index contributed by atoms with van der Waals surface area (Å²) in [4.78, 5) is 0. The van der Waals surface area contributed by atoms with E-state index in [1.807, 2.05) is 27.7 Å². The van der Waals surface area contributed by atoms with E-state index in [9.17, 15) is 4.39 Å². The standard InChI is InChI=1S/C11H10BrFO.2C2H6/c12-10-6-5-9(11(13)8-10)4-2-1-3-7-14;2*1-2/h5-6,8,14H,1,3,7H2;2*1-2H3. The second kappa shape index (κ2) is 14.2. The third-order valence-corrected chi connectivity index (χ3v) is 2.11. The highest BCUT2D eigenvalue weighted by Crippen LogP contribution is 2.14. The van der Waals surface area contributed by atoms with E-state index in [-0.39, 0.29) is 12.4 Å². The van der Waals surface area contributed by atoms with Crippen LogP contribution in [-0.4, -0.2) is 11.7 Å². The van der Waals surface area contributed by atoms with Crippen LogP contribution in [0.4, 0.5) is 4.39 Å². The minimum absolute atomic E-state index is 0.123. The largest absolute Gasteiger partial charge is 0.396 e. The average Bonchev–Trinajstić information content (AvgIpc) is 2.41. The fourth-order valence-electron chi connectivity index (χ4n) is 0.916. The lowest BCUT2D eigenvalue weighted by Crippen LogP contribution is -1.83. The van der Waals surface area contributed by atoms with Gasteiger partial charge in [-0.2, -0.15) is 0 Å². The zero-order chi connectivity index (χ0) is 14.4. The first kappa shape index (κ1) is 19.5. The van der Waals surface area contributed by atoms with Crippen LogP contribution in [0.3, 0.4) is 0 Å². The summed E-state index contributed by atoms with van der Waals surface area (Å²) in [7, 11) is 0. The second-order valence-corrected chi connectivity index (χ2v) is 3.67. The lowest BCUT2D eigenvalue weighted by molar-refractivity contribution is 0.290. The van der Waals surface area contributed by atoms with Crippen molar-refractivity contribution in [3.63, 3.8) is 0 Å². The Balaban J connectivity index is 0. The Morgan fingerprint density at radius 1 is 1.22 bits per heavy atom. The van der Waals surface area contributed by atoms with Crippen LogP contribution in [0.2, 0.25) is 0 Å². The monoisotopic (exact) mass is 316 g/mol. The maximum absolute atomic E-state index is 13.2. The number of aliphatic hydroxyl groups excluding tert-OH is 1. The molecule has 1 aromatic carbocycles. The van der Waals surface area contributed by atoms with Gasteiger partial charge in [0.15, 0.2) is 0 Å². The van der Waals surface area contributed by atoms with Crippen molar-refractivity contribution in [2.75, 3.05) is 6.61 Å². The Kier molecular flexibility index (Phi) is 15.4. The maximum Gasteiger partial charge on any atom is 0.139 e. The van der Waals surface area contributed by atoms with E-state index in [0.29, 0.717) is 22.9 Å². The molecule has 3 heteroatoms. The van der Waals surface area contributed by atoms with E-state index in [2.05, 4.69) is 27.8 Å². The molecule has 1 N–H and O–H groups in total. The third-order valence-electron chi connectivity index (χ3n) is 1.61. The minimum Gasteiger partial charge on any atom is -0.396 e. The van der Waals surface area contributed by atoms with Crippen molar-refractivity contribution < 1.29 is 9.50 Å². The van der Waals surface area contributed by atoms with Crippen LogP contribution in [-0.2, 0) is 0 Å². The summed E-state index contributed by atoms with van der Waals surface area (Å²) in [5.41, 5.74) is 0.395. The Morgan fingerprint density at radius 3 is 2.33 bits per heavy atom. The van der Waals surface area contributed by atoms with Gasteiger partial charge in [0.25, 0.3) is 0 Å².